The van der Waals surface area contributed by atoms with E-state index < -0.39 is 0 Å². The van der Waals surface area contributed by atoms with Crippen LogP contribution in [0, 0.1) is 0 Å². The minimum Gasteiger partial charge on any atom is -0.378 e. The van der Waals surface area contributed by atoms with Gasteiger partial charge in [0.05, 0.1) is 36.8 Å². The van der Waals surface area contributed by atoms with E-state index >= 15 is 0 Å². The molecule has 0 aliphatic carbocycles. The van der Waals surface area contributed by atoms with Crippen LogP contribution in [0.2, 0.25) is 0 Å². The van der Waals surface area contributed by atoms with Crippen molar-refractivity contribution in [3.8, 4) is 0 Å². The molecule has 0 bridgehead atoms. The predicted molar refractivity (Wildman–Crippen MR) is 97.4 cm³/mol. The van der Waals surface area contributed by atoms with Gasteiger partial charge in [-0.25, -0.2) is 0 Å². The Morgan fingerprint density at radius 3 is 2.68 bits per heavy atom. The molecule has 2 heterocycles. The van der Waals surface area contributed by atoms with Crippen LogP contribution in [-0.4, -0.2) is 56.4 Å². The van der Waals surface area contributed by atoms with Crippen LogP contribution in [-0.2, 0) is 9.47 Å². The van der Waals surface area contributed by atoms with Gasteiger partial charge < -0.3 is 20.1 Å². The van der Waals surface area contributed by atoms with Gasteiger partial charge in [0, 0.05) is 18.1 Å². The molecule has 6 heteroatoms. The van der Waals surface area contributed by atoms with Crippen molar-refractivity contribution in [1.82, 2.24) is 10.6 Å². The van der Waals surface area contributed by atoms with Crippen LogP contribution in [0.15, 0.2) is 23.3 Å². The number of nitrogens with one attached hydrogen (secondary N) is 2. The van der Waals surface area contributed by atoms with Gasteiger partial charge >= 0.3 is 0 Å². The van der Waals surface area contributed by atoms with E-state index in [0.717, 1.165) is 31.3 Å². The molecule has 2 N–H and O–H groups in total. The fourth-order valence-corrected chi connectivity index (χ4v) is 4.13. The second-order valence-electron chi connectivity index (χ2n) is 5.22. The fraction of sp³-hybridized carbons (Fsp3) is 0.750. The molecule has 2 rings (SSSR count). The molecule has 22 heavy (non-hydrogen) atoms. The van der Waals surface area contributed by atoms with Gasteiger partial charge in [0.1, 0.15) is 0 Å². The molecule has 1 saturated heterocycles. The summed E-state index contributed by atoms with van der Waals surface area (Å²) in [5.41, 5.74) is 0. The number of allylic oxidation sites excluding steroid dienone is 2. The Kier molecular flexibility index (Phi) is 10.2. The Morgan fingerprint density at radius 2 is 1.95 bits per heavy atom. The number of hydrogen-bond acceptors (Lipinski definition) is 6. The van der Waals surface area contributed by atoms with Crippen molar-refractivity contribution < 1.29 is 9.47 Å². The summed E-state index contributed by atoms with van der Waals surface area (Å²) in [4.78, 5) is 0. The van der Waals surface area contributed by atoms with Gasteiger partial charge in [-0.3, -0.25) is 0 Å². The number of piperidine rings is 1. The fourth-order valence-electron chi connectivity index (χ4n) is 2.28. The summed E-state index contributed by atoms with van der Waals surface area (Å²) in [7, 11) is 0. The van der Waals surface area contributed by atoms with E-state index in [-0.39, 0.29) is 0 Å². The number of hydrogen-bond donors (Lipinski definition) is 2. The SMILES string of the molecule is C1=CCNC(SCCOCCOCCSC2CCCCN2)=C1. The summed E-state index contributed by atoms with van der Waals surface area (Å²) in [6, 6.07) is 0. The highest BCUT2D eigenvalue weighted by Crippen LogP contribution is 2.18. The first-order valence-corrected chi connectivity index (χ1v) is 10.2. The molecule has 1 unspecified atom stereocenters. The van der Waals surface area contributed by atoms with E-state index in [1.54, 1.807) is 0 Å². The molecule has 0 amide bonds. The van der Waals surface area contributed by atoms with Crippen LogP contribution in [0.4, 0.5) is 0 Å². The molecule has 1 atom stereocenters. The lowest BCUT2D eigenvalue weighted by atomic mass is 10.2. The first-order chi connectivity index (χ1) is 10.9. The van der Waals surface area contributed by atoms with E-state index in [1.807, 2.05) is 23.5 Å². The van der Waals surface area contributed by atoms with Gasteiger partial charge in [-0.05, 0) is 31.9 Å². The van der Waals surface area contributed by atoms with Crippen LogP contribution >= 0.6 is 23.5 Å². The van der Waals surface area contributed by atoms with E-state index in [2.05, 4.69) is 28.9 Å². The molecule has 126 valence electrons. The number of ether oxygens (including phenoxy) is 2. The summed E-state index contributed by atoms with van der Waals surface area (Å²) < 4.78 is 11.2. The number of rotatable bonds is 11. The molecule has 0 aromatic heterocycles. The van der Waals surface area contributed by atoms with Gasteiger partial charge in [-0.2, -0.15) is 0 Å². The largest absolute Gasteiger partial charge is 0.378 e. The Morgan fingerprint density at radius 1 is 1.09 bits per heavy atom. The molecule has 0 saturated carbocycles. The van der Waals surface area contributed by atoms with Crippen molar-refractivity contribution >= 4 is 23.5 Å². The predicted octanol–water partition coefficient (Wildman–Crippen LogP) is 2.59. The lowest BCUT2D eigenvalue weighted by Crippen LogP contribution is -2.31. The van der Waals surface area contributed by atoms with Gasteiger partial charge in [0.25, 0.3) is 0 Å². The van der Waals surface area contributed by atoms with Crippen molar-refractivity contribution in [3.05, 3.63) is 23.3 Å². The first-order valence-electron chi connectivity index (χ1n) is 8.19. The maximum absolute atomic E-state index is 5.61. The molecule has 2 aliphatic rings. The third-order valence-corrected chi connectivity index (χ3v) is 5.62. The van der Waals surface area contributed by atoms with Gasteiger partial charge in [0.15, 0.2) is 0 Å². The highest BCUT2D eigenvalue weighted by Gasteiger charge is 2.11. The summed E-state index contributed by atoms with van der Waals surface area (Å²) in [6.07, 6.45) is 10.3. The third-order valence-electron chi connectivity index (χ3n) is 3.45. The second kappa shape index (κ2) is 12.3. The Balaban J connectivity index is 1.31. The molecule has 0 spiro atoms. The minimum atomic E-state index is 0.642. The Hall–Kier alpha value is -0.140. The minimum absolute atomic E-state index is 0.642. The van der Waals surface area contributed by atoms with E-state index in [9.17, 15) is 0 Å². The van der Waals surface area contributed by atoms with E-state index in [0.29, 0.717) is 18.6 Å². The summed E-state index contributed by atoms with van der Waals surface area (Å²) >= 11 is 3.79. The van der Waals surface area contributed by atoms with Gasteiger partial charge in [0.2, 0.25) is 0 Å². The van der Waals surface area contributed by atoms with Crippen LogP contribution in [0.25, 0.3) is 0 Å². The van der Waals surface area contributed by atoms with E-state index in [1.165, 1.54) is 30.8 Å². The normalized spacial score (nSPS) is 21.5. The average molecular weight is 345 g/mol. The summed E-state index contributed by atoms with van der Waals surface area (Å²) in [5, 5.41) is 8.73. The highest BCUT2D eigenvalue weighted by molar-refractivity contribution is 8.03. The molecule has 2 aliphatic heterocycles. The molecule has 1 fully saturated rings. The lowest BCUT2D eigenvalue weighted by Gasteiger charge is -2.22. The third kappa shape index (κ3) is 8.48. The number of thioether (sulfide) groups is 2. The van der Waals surface area contributed by atoms with Crippen molar-refractivity contribution in [1.29, 1.82) is 0 Å². The topological polar surface area (TPSA) is 42.5 Å². The quantitative estimate of drug-likeness (QED) is 0.562. The standard InChI is InChI=1S/C16H28N2O2S2/c1-3-7-17-15(5-1)21-13-11-19-9-10-20-12-14-22-16-6-2-4-8-18-16/h1,3,5,16-18H,2,4,6-14H2. The number of dihydropyridines is 1. The van der Waals surface area contributed by atoms with Crippen LogP contribution in [0.3, 0.4) is 0 Å². The van der Waals surface area contributed by atoms with Crippen LogP contribution in [0.1, 0.15) is 19.3 Å². The van der Waals surface area contributed by atoms with E-state index in [4.69, 9.17) is 9.47 Å². The van der Waals surface area contributed by atoms with Crippen molar-refractivity contribution in [2.75, 3.05) is 51.0 Å². The monoisotopic (exact) mass is 344 g/mol. The maximum atomic E-state index is 5.61. The van der Waals surface area contributed by atoms with Crippen molar-refractivity contribution in [2.45, 2.75) is 24.6 Å². The molecular formula is C16H28N2O2S2. The van der Waals surface area contributed by atoms with Crippen molar-refractivity contribution in [2.24, 2.45) is 0 Å². The van der Waals surface area contributed by atoms with Crippen molar-refractivity contribution in [3.63, 3.8) is 0 Å². The summed E-state index contributed by atoms with van der Waals surface area (Å²) in [6.45, 7) is 5.10. The second-order valence-corrected chi connectivity index (χ2v) is 7.67. The average Bonchev–Trinajstić information content (AvgIpc) is 2.58. The molecule has 4 nitrogen and oxygen atoms in total. The van der Waals surface area contributed by atoms with Crippen LogP contribution < -0.4 is 10.6 Å². The first kappa shape index (κ1) is 18.2. The zero-order valence-corrected chi connectivity index (χ0v) is 14.9. The highest BCUT2D eigenvalue weighted by atomic mass is 32.2. The van der Waals surface area contributed by atoms with Crippen LogP contribution in [0.5, 0.6) is 0 Å². The van der Waals surface area contributed by atoms with Gasteiger partial charge in [-0.1, -0.05) is 12.2 Å². The summed E-state index contributed by atoms with van der Waals surface area (Å²) in [5.74, 6) is 2.05. The molecule has 0 aromatic carbocycles. The zero-order chi connectivity index (χ0) is 15.3. The molecule has 0 radical (unpaired) electrons. The smallest absolute Gasteiger partial charge is 0.0700 e. The molecular weight excluding hydrogens is 316 g/mol. The molecule has 0 aromatic rings. The maximum Gasteiger partial charge on any atom is 0.0700 e. The lowest BCUT2D eigenvalue weighted by molar-refractivity contribution is 0.0605. The van der Waals surface area contributed by atoms with Gasteiger partial charge in [-0.15, -0.1) is 23.5 Å². The Labute approximate surface area is 142 Å². The zero-order valence-electron chi connectivity index (χ0n) is 13.2. The Bertz CT molecular complexity index is 345.